The van der Waals surface area contributed by atoms with Crippen LogP contribution in [0.1, 0.15) is 5.56 Å². The van der Waals surface area contributed by atoms with Crippen LogP contribution in [0.2, 0.25) is 0 Å². The summed E-state index contributed by atoms with van der Waals surface area (Å²) in [5.74, 6) is 0.497. The number of nitrogens with one attached hydrogen (secondary N) is 2. The summed E-state index contributed by atoms with van der Waals surface area (Å²) in [4.78, 5) is 13.8. The van der Waals surface area contributed by atoms with E-state index in [1.54, 1.807) is 47.2 Å². The van der Waals surface area contributed by atoms with Gasteiger partial charge in [0, 0.05) is 30.6 Å². The Morgan fingerprint density at radius 2 is 2.09 bits per heavy atom. The Labute approximate surface area is 204 Å². The third kappa shape index (κ3) is 5.66. The van der Waals surface area contributed by atoms with Crippen molar-refractivity contribution in [1.29, 1.82) is 0 Å². The molecule has 1 amide bonds. The van der Waals surface area contributed by atoms with Gasteiger partial charge in [0.2, 0.25) is 0 Å². The topological polar surface area (TPSA) is 114 Å². The highest BCUT2D eigenvalue weighted by molar-refractivity contribution is 7.99. The monoisotopic (exact) mass is 494 g/mol. The Balaban J connectivity index is 1.16. The first-order valence-electron chi connectivity index (χ1n) is 11.1. The molecule has 10 nitrogen and oxygen atoms in total. The highest BCUT2D eigenvalue weighted by Crippen LogP contribution is 2.29. The summed E-state index contributed by atoms with van der Waals surface area (Å²) < 4.78 is 22.0. The Bertz CT molecular complexity index is 1250. The fraction of sp³-hybridized carbons (Fsp3) is 0.261. The molecule has 12 heteroatoms. The number of aromatic amines is 1. The van der Waals surface area contributed by atoms with Crippen LogP contribution in [-0.2, 0) is 17.8 Å². The number of hydrogen-bond acceptors (Lipinski definition) is 8. The van der Waals surface area contributed by atoms with E-state index < -0.39 is 11.9 Å². The minimum atomic E-state index is -0.501. The predicted octanol–water partition coefficient (Wildman–Crippen LogP) is 3.11. The molecule has 3 heterocycles. The van der Waals surface area contributed by atoms with Crippen molar-refractivity contribution in [2.24, 2.45) is 0 Å². The lowest BCUT2D eigenvalue weighted by atomic mass is 10.0. The number of carbonyl (C=O) groups excluding carboxylic acids is 1. The minimum Gasteiger partial charge on any atom is -0.442 e. The van der Waals surface area contributed by atoms with Crippen LogP contribution in [0.15, 0.2) is 66.1 Å². The summed E-state index contributed by atoms with van der Waals surface area (Å²) in [6.45, 7) is 2.26. The van der Waals surface area contributed by atoms with Crippen LogP contribution < -0.4 is 10.2 Å². The summed E-state index contributed by atoms with van der Waals surface area (Å²) in [7, 11) is 0. The number of aromatic nitrogens is 6. The largest absolute Gasteiger partial charge is 0.442 e. The van der Waals surface area contributed by atoms with E-state index in [4.69, 9.17) is 4.74 Å². The maximum atomic E-state index is 15.0. The molecular weight excluding hydrogens is 471 g/mol. The molecule has 2 aromatic carbocycles. The molecule has 0 saturated carbocycles. The molecule has 0 unspecified atom stereocenters. The van der Waals surface area contributed by atoms with E-state index in [9.17, 15) is 9.18 Å². The average molecular weight is 495 g/mol. The number of carbonyl (C=O) groups is 1. The number of nitrogens with zero attached hydrogens (tertiary/aromatic N) is 6. The highest BCUT2D eigenvalue weighted by Gasteiger charge is 2.33. The first kappa shape index (κ1) is 23.0. The van der Waals surface area contributed by atoms with Gasteiger partial charge in [0.15, 0.2) is 0 Å². The molecule has 180 valence electrons. The van der Waals surface area contributed by atoms with Crippen LogP contribution in [0.4, 0.5) is 14.9 Å². The van der Waals surface area contributed by atoms with Crippen molar-refractivity contribution in [3.05, 3.63) is 72.4 Å². The van der Waals surface area contributed by atoms with Crippen molar-refractivity contribution in [3.8, 4) is 11.1 Å². The molecule has 1 fully saturated rings. The quantitative estimate of drug-likeness (QED) is 0.255. The number of benzene rings is 2. The second kappa shape index (κ2) is 10.7. The number of hydrogen-bond donors (Lipinski definition) is 2. The predicted molar refractivity (Wildman–Crippen MR) is 128 cm³/mol. The second-order valence-electron chi connectivity index (χ2n) is 7.95. The Kier molecular flexibility index (Phi) is 7.00. The molecule has 2 N–H and O–H groups in total. The number of H-pyrrole nitrogens is 1. The number of ether oxygens (including phenoxy) is 1. The molecule has 4 aromatic rings. The van der Waals surface area contributed by atoms with Gasteiger partial charge in [-0.2, -0.15) is 0 Å². The van der Waals surface area contributed by atoms with Crippen LogP contribution in [0.5, 0.6) is 0 Å². The first-order valence-corrected chi connectivity index (χ1v) is 12.0. The summed E-state index contributed by atoms with van der Waals surface area (Å²) in [6.07, 6.45) is 4.08. The zero-order valence-corrected chi connectivity index (χ0v) is 19.5. The molecule has 0 radical (unpaired) electrons. The molecule has 35 heavy (non-hydrogen) atoms. The zero-order chi connectivity index (χ0) is 24.0. The molecule has 5 rings (SSSR count). The number of halogens is 1. The fourth-order valence-corrected chi connectivity index (χ4v) is 4.49. The third-order valence-electron chi connectivity index (χ3n) is 5.52. The Morgan fingerprint density at radius 1 is 1.20 bits per heavy atom. The molecule has 1 atom stereocenters. The van der Waals surface area contributed by atoms with Gasteiger partial charge < -0.3 is 10.1 Å². The summed E-state index contributed by atoms with van der Waals surface area (Å²) >= 11 is 1.65. The summed E-state index contributed by atoms with van der Waals surface area (Å²) in [6, 6.07) is 12.6. The minimum absolute atomic E-state index is 0.316. The van der Waals surface area contributed by atoms with Crippen LogP contribution in [0.25, 0.3) is 11.1 Å². The van der Waals surface area contributed by atoms with E-state index in [-0.39, 0.29) is 6.10 Å². The molecule has 1 saturated heterocycles. The average Bonchev–Trinajstić information content (AvgIpc) is 3.63. The first-order chi connectivity index (χ1) is 17.2. The van der Waals surface area contributed by atoms with E-state index in [0.717, 1.165) is 35.0 Å². The van der Waals surface area contributed by atoms with Crippen LogP contribution in [0.3, 0.4) is 0 Å². The number of amides is 1. The van der Waals surface area contributed by atoms with Gasteiger partial charge in [0.1, 0.15) is 16.9 Å². The standard InChI is InChI=1S/C23H23FN8O2S/c24-21-11-18(32-15-19(34-23(32)33)14-31-9-7-26-30-31)5-6-20(21)17-3-1-16(2-4-17)12-25-8-10-35-22-13-27-29-28-22/h1-7,9,11,13,19,25H,8,10,12,14-15H2,(H,27,28,29)/t19-/m0/s1. The van der Waals surface area contributed by atoms with Crippen LogP contribution in [-0.4, -0.2) is 61.4 Å². The van der Waals surface area contributed by atoms with Gasteiger partial charge in [-0.15, -0.1) is 22.0 Å². The Morgan fingerprint density at radius 3 is 2.83 bits per heavy atom. The van der Waals surface area contributed by atoms with E-state index >= 15 is 0 Å². The summed E-state index contributed by atoms with van der Waals surface area (Å²) in [5, 5.41) is 22.2. The maximum Gasteiger partial charge on any atom is 0.414 e. The molecule has 0 bridgehead atoms. The molecule has 0 aliphatic carbocycles. The molecular formula is C23H23FN8O2S. The third-order valence-corrected chi connectivity index (χ3v) is 6.44. The lowest BCUT2D eigenvalue weighted by molar-refractivity contribution is 0.129. The van der Waals surface area contributed by atoms with E-state index in [0.29, 0.717) is 24.3 Å². The van der Waals surface area contributed by atoms with Crippen molar-refractivity contribution < 1.29 is 13.9 Å². The second-order valence-corrected chi connectivity index (χ2v) is 9.09. The molecule has 0 spiro atoms. The zero-order valence-electron chi connectivity index (χ0n) is 18.7. The van der Waals surface area contributed by atoms with Gasteiger partial charge in [-0.25, -0.2) is 13.9 Å². The van der Waals surface area contributed by atoms with Gasteiger partial charge in [-0.1, -0.05) is 34.7 Å². The van der Waals surface area contributed by atoms with Crippen molar-refractivity contribution >= 4 is 23.5 Å². The number of anilines is 1. The number of rotatable bonds is 10. The van der Waals surface area contributed by atoms with Gasteiger partial charge >= 0.3 is 6.09 Å². The molecule has 1 aliphatic rings. The number of thioether (sulfide) groups is 1. The van der Waals surface area contributed by atoms with Crippen molar-refractivity contribution in [2.75, 3.05) is 23.7 Å². The summed E-state index contributed by atoms with van der Waals surface area (Å²) in [5.41, 5.74) is 2.82. The van der Waals surface area contributed by atoms with Gasteiger partial charge in [0.25, 0.3) is 0 Å². The van der Waals surface area contributed by atoms with Crippen LogP contribution in [0, 0.1) is 5.82 Å². The fourth-order valence-electron chi connectivity index (χ4n) is 3.80. The van der Waals surface area contributed by atoms with Gasteiger partial charge in [-0.05, 0) is 29.3 Å². The van der Waals surface area contributed by atoms with Crippen molar-refractivity contribution in [3.63, 3.8) is 0 Å². The lowest BCUT2D eigenvalue weighted by Gasteiger charge is -2.14. The smallest absolute Gasteiger partial charge is 0.414 e. The van der Waals surface area contributed by atoms with Gasteiger partial charge in [-0.3, -0.25) is 10.00 Å². The maximum absolute atomic E-state index is 15.0. The van der Waals surface area contributed by atoms with Crippen molar-refractivity contribution in [2.45, 2.75) is 24.2 Å². The van der Waals surface area contributed by atoms with Gasteiger partial charge in [0.05, 0.1) is 31.2 Å². The Hall–Kier alpha value is -3.77. The van der Waals surface area contributed by atoms with E-state index in [1.165, 1.54) is 11.0 Å². The number of cyclic esters (lactones) is 1. The highest BCUT2D eigenvalue weighted by atomic mass is 32.2. The lowest BCUT2D eigenvalue weighted by Crippen LogP contribution is -2.26. The van der Waals surface area contributed by atoms with E-state index in [1.807, 2.05) is 24.3 Å². The van der Waals surface area contributed by atoms with Crippen molar-refractivity contribution in [1.82, 2.24) is 35.7 Å². The molecule has 1 aliphatic heterocycles. The van der Waals surface area contributed by atoms with Crippen LogP contribution >= 0.6 is 11.8 Å². The normalized spacial score (nSPS) is 15.5. The van der Waals surface area contributed by atoms with E-state index in [2.05, 4.69) is 31.0 Å². The molecule has 2 aromatic heterocycles. The SMILES string of the molecule is O=C1O[C@@H](Cn2ccnn2)CN1c1ccc(-c2ccc(CNCCSc3cnn[nH]3)cc2)c(F)c1.